The number of benzene rings is 3. The number of allylic oxidation sites excluding steroid dienone is 1. The van der Waals surface area contributed by atoms with Crippen LogP contribution in [0.3, 0.4) is 0 Å². The van der Waals surface area contributed by atoms with Gasteiger partial charge in [0.2, 0.25) is 0 Å². The van der Waals surface area contributed by atoms with Gasteiger partial charge in [-0.15, -0.1) is 0 Å². The van der Waals surface area contributed by atoms with Gasteiger partial charge in [-0.3, -0.25) is 4.79 Å². The first-order chi connectivity index (χ1) is 19.6. The van der Waals surface area contributed by atoms with E-state index in [2.05, 4.69) is 16.0 Å². The lowest BCUT2D eigenvalue weighted by Gasteiger charge is -2.37. The van der Waals surface area contributed by atoms with E-state index in [4.69, 9.17) is 11.6 Å². The maximum absolute atomic E-state index is 13.0. The van der Waals surface area contributed by atoms with Crippen molar-refractivity contribution in [3.63, 3.8) is 0 Å². The first-order valence-electron chi connectivity index (χ1n) is 12.9. The molecule has 4 rings (SSSR count). The summed E-state index contributed by atoms with van der Waals surface area (Å²) in [5.74, 6) is -1.37. The van der Waals surface area contributed by atoms with E-state index in [1.54, 1.807) is 74.6 Å². The molecule has 1 aliphatic rings. The van der Waals surface area contributed by atoms with Crippen LogP contribution in [0.25, 0.3) is 0 Å². The number of carbonyl (C=O) groups excluding carboxylic acids is 3. The van der Waals surface area contributed by atoms with Gasteiger partial charge in [-0.25, -0.2) is 14.4 Å². The number of amides is 5. The Morgan fingerprint density at radius 1 is 0.976 bits per heavy atom. The predicted molar refractivity (Wildman–Crippen MR) is 157 cm³/mol. The molecular formula is C30H30ClN5O5. The van der Waals surface area contributed by atoms with Crippen molar-refractivity contribution in [2.45, 2.75) is 19.4 Å². The Kier molecular flexibility index (Phi) is 9.26. The second-order valence-corrected chi connectivity index (χ2v) is 9.96. The van der Waals surface area contributed by atoms with Crippen molar-refractivity contribution >= 4 is 46.9 Å². The lowest BCUT2D eigenvalue weighted by molar-refractivity contribution is -0.133. The summed E-state index contributed by atoms with van der Waals surface area (Å²) in [5.41, 5.74) is 2.53. The summed E-state index contributed by atoms with van der Waals surface area (Å²) in [7, 11) is 1.65. The van der Waals surface area contributed by atoms with Gasteiger partial charge in [0.05, 0.1) is 11.6 Å². The molecule has 0 bridgehead atoms. The summed E-state index contributed by atoms with van der Waals surface area (Å²) in [4.78, 5) is 53.2. The van der Waals surface area contributed by atoms with Crippen molar-refractivity contribution in [3.05, 3.63) is 106 Å². The molecule has 4 N–H and O–H groups in total. The van der Waals surface area contributed by atoms with Gasteiger partial charge in [0, 0.05) is 47.8 Å². The Bertz CT molecular complexity index is 1480. The van der Waals surface area contributed by atoms with Crippen LogP contribution in [0.4, 0.5) is 21.0 Å². The van der Waals surface area contributed by atoms with Crippen molar-refractivity contribution in [1.82, 2.24) is 15.1 Å². The Morgan fingerprint density at radius 3 is 2.27 bits per heavy atom. The van der Waals surface area contributed by atoms with Crippen molar-refractivity contribution in [2.75, 3.05) is 30.8 Å². The van der Waals surface area contributed by atoms with Crippen LogP contribution in [0.5, 0.6) is 0 Å². The molecule has 1 atom stereocenters. The summed E-state index contributed by atoms with van der Waals surface area (Å²) in [6, 6.07) is 20.7. The topological polar surface area (TPSA) is 131 Å². The Morgan fingerprint density at radius 2 is 1.63 bits per heavy atom. The van der Waals surface area contributed by atoms with E-state index in [0.717, 1.165) is 0 Å². The number of para-hydroxylation sites is 1. The van der Waals surface area contributed by atoms with E-state index in [9.17, 15) is 24.3 Å². The molecule has 0 aliphatic carbocycles. The summed E-state index contributed by atoms with van der Waals surface area (Å²) in [5, 5.41) is 18.4. The van der Waals surface area contributed by atoms with Crippen molar-refractivity contribution in [2.24, 2.45) is 0 Å². The fourth-order valence-electron chi connectivity index (χ4n) is 4.62. The molecule has 0 fully saturated rings. The van der Waals surface area contributed by atoms with Crippen LogP contribution in [-0.2, 0) is 4.79 Å². The lowest BCUT2D eigenvalue weighted by atomic mass is 9.93. The number of carboxylic acids is 1. The molecule has 10 nitrogen and oxygen atoms in total. The number of carbonyl (C=O) groups is 4. The predicted octanol–water partition coefficient (Wildman–Crippen LogP) is 5.57. The normalized spacial score (nSPS) is 14.8. The van der Waals surface area contributed by atoms with E-state index < -0.39 is 24.1 Å². The lowest BCUT2D eigenvalue weighted by Crippen LogP contribution is -2.49. The fraction of sp³-hybridized carbons (Fsp3) is 0.200. The molecule has 0 aromatic heterocycles. The molecule has 212 valence electrons. The van der Waals surface area contributed by atoms with E-state index in [1.165, 1.54) is 9.80 Å². The van der Waals surface area contributed by atoms with Gasteiger partial charge >= 0.3 is 18.0 Å². The first-order valence-corrected chi connectivity index (χ1v) is 13.3. The van der Waals surface area contributed by atoms with E-state index >= 15 is 0 Å². The quantitative estimate of drug-likeness (QED) is 0.265. The minimum atomic E-state index is -1.14. The van der Waals surface area contributed by atoms with Gasteiger partial charge in [0.15, 0.2) is 0 Å². The maximum atomic E-state index is 13.0. The molecule has 1 heterocycles. The Balaban J connectivity index is 1.37. The zero-order valence-corrected chi connectivity index (χ0v) is 23.3. The largest absolute Gasteiger partial charge is 0.478 e. The molecule has 1 unspecified atom stereocenters. The standard InChI is InChI=1S/C30H30ClN5O5/c1-19-25(28(38)39)26(21-8-6-9-22(31)18-21)36(30(41)32-19)17-7-16-35(2)27(37)20-12-14-24(15-13-20)34-29(40)33-23-10-4-3-5-11-23/h3-6,8-15,18,26H,7,16-17H2,1-2H3,(H,32,41)(H,38,39)(H2,33,34,40). The number of hydrogen-bond donors (Lipinski definition) is 4. The van der Waals surface area contributed by atoms with Crippen LogP contribution in [-0.4, -0.2) is 59.0 Å². The molecule has 3 aromatic carbocycles. The van der Waals surface area contributed by atoms with Crippen molar-refractivity contribution in [3.8, 4) is 0 Å². The van der Waals surface area contributed by atoms with Crippen LogP contribution in [0, 0.1) is 0 Å². The van der Waals surface area contributed by atoms with Crippen LogP contribution in [0.1, 0.15) is 35.3 Å². The number of urea groups is 2. The molecule has 0 saturated carbocycles. The van der Waals surface area contributed by atoms with E-state index in [0.29, 0.717) is 40.5 Å². The highest BCUT2D eigenvalue weighted by atomic mass is 35.5. The summed E-state index contributed by atoms with van der Waals surface area (Å²) < 4.78 is 0. The van der Waals surface area contributed by atoms with Crippen LogP contribution in [0.15, 0.2) is 90.1 Å². The molecule has 0 radical (unpaired) electrons. The van der Waals surface area contributed by atoms with Gasteiger partial charge in [0.25, 0.3) is 5.91 Å². The Labute approximate surface area is 242 Å². The van der Waals surface area contributed by atoms with Gasteiger partial charge in [-0.05, 0) is 67.4 Å². The third-order valence-electron chi connectivity index (χ3n) is 6.60. The number of anilines is 2. The number of carboxylic acid groups (broad SMARTS) is 1. The van der Waals surface area contributed by atoms with Crippen molar-refractivity contribution < 1.29 is 24.3 Å². The van der Waals surface area contributed by atoms with Gasteiger partial charge in [-0.1, -0.05) is 41.9 Å². The molecule has 11 heteroatoms. The highest BCUT2D eigenvalue weighted by molar-refractivity contribution is 6.30. The SMILES string of the molecule is CC1=C(C(=O)O)C(c2cccc(Cl)c2)N(CCCN(C)C(=O)c2ccc(NC(=O)Nc3ccccc3)cc2)C(=O)N1. The van der Waals surface area contributed by atoms with Gasteiger partial charge in [0.1, 0.15) is 0 Å². The van der Waals surface area contributed by atoms with Crippen molar-refractivity contribution in [1.29, 1.82) is 0 Å². The average molecular weight is 576 g/mol. The number of aliphatic carboxylic acids is 1. The van der Waals surface area contributed by atoms with E-state index in [-0.39, 0.29) is 23.7 Å². The number of rotatable bonds is 9. The minimum absolute atomic E-state index is 0.0578. The first kappa shape index (κ1) is 29.2. The number of nitrogens with zero attached hydrogens (tertiary/aromatic N) is 2. The average Bonchev–Trinajstić information content (AvgIpc) is 2.94. The third-order valence-corrected chi connectivity index (χ3v) is 6.83. The zero-order chi connectivity index (χ0) is 29.5. The number of hydrogen-bond acceptors (Lipinski definition) is 4. The molecule has 1 aliphatic heterocycles. The second kappa shape index (κ2) is 13.0. The highest BCUT2D eigenvalue weighted by Crippen LogP contribution is 2.34. The van der Waals surface area contributed by atoms with Crippen LogP contribution >= 0.6 is 11.6 Å². The molecule has 41 heavy (non-hydrogen) atoms. The Hall–Kier alpha value is -4.83. The van der Waals surface area contributed by atoms with Gasteiger partial charge in [-0.2, -0.15) is 0 Å². The summed E-state index contributed by atoms with van der Waals surface area (Å²) in [6.45, 7) is 2.07. The second-order valence-electron chi connectivity index (χ2n) is 9.53. The van der Waals surface area contributed by atoms with Gasteiger partial charge < -0.3 is 30.9 Å². The molecule has 0 saturated heterocycles. The molecular weight excluding hydrogens is 546 g/mol. The maximum Gasteiger partial charge on any atom is 0.335 e. The molecule has 5 amide bonds. The third kappa shape index (κ3) is 7.23. The number of halogens is 1. The minimum Gasteiger partial charge on any atom is -0.478 e. The van der Waals surface area contributed by atoms with Crippen LogP contribution in [0.2, 0.25) is 5.02 Å². The van der Waals surface area contributed by atoms with Crippen LogP contribution < -0.4 is 16.0 Å². The summed E-state index contributed by atoms with van der Waals surface area (Å²) in [6.07, 6.45) is 0.401. The molecule has 3 aromatic rings. The summed E-state index contributed by atoms with van der Waals surface area (Å²) >= 11 is 6.17. The monoisotopic (exact) mass is 575 g/mol. The fourth-order valence-corrected chi connectivity index (χ4v) is 4.82. The highest BCUT2D eigenvalue weighted by Gasteiger charge is 2.37. The molecule has 0 spiro atoms. The zero-order valence-electron chi connectivity index (χ0n) is 22.6. The van der Waals surface area contributed by atoms with E-state index in [1.807, 2.05) is 18.2 Å². The smallest absolute Gasteiger partial charge is 0.335 e. The number of nitrogens with one attached hydrogen (secondary N) is 3.